The summed E-state index contributed by atoms with van der Waals surface area (Å²) in [7, 11) is 0. The maximum atomic E-state index is 5.42. The van der Waals surface area contributed by atoms with Gasteiger partial charge in [-0.1, -0.05) is 19.6 Å². The molecule has 0 aliphatic rings. The van der Waals surface area contributed by atoms with E-state index in [1.165, 1.54) is 0 Å². The van der Waals surface area contributed by atoms with E-state index in [0.717, 1.165) is 31.0 Å². The molecule has 0 amide bonds. The average Bonchev–Trinajstić information content (AvgIpc) is 2.27. The van der Waals surface area contributed by atoms with Crippen LogP contribution in [0, 0.1) is 0 Å². The standard InChI is InChI=1S/C12H19N3O/c1-4-7-10-14-11(13-6-3)9-12(15-10)16-8-5-2/h5,9H,2,4,6-8H2,1,3H3,(H,13,14,15). The minimum Gasteiger partial charge on any atom is -0.473 e. The topological polar surface area (TPSA) is 47.0 Å². The van der Waals surface area contributed by atoms with Crippen LogP contribution in [0.1, 0.15) is 26.1 Å². The summed E-state index contributed by atoms with van der Waals surface area (Å²) in [6.07, 6.45) is 3.59. The van der Waals surface area contributed by atoms with E-state index in [1.54, 1.807) is 6.08 Å². The summed E-state index contributed by atoms with van der Waals surface area (Å²) in [5.41, 5.74) is 0. The second-order valence-corrected chi connectivity index (χ2v) is 3.39. The highest BCUT2D eigenvalue weighted by Crippen LogP contribution is 2.14. The van der Waals surface area contributed by atoms with Crippen molar-refractivity contribution < 1.29 is 4.74 Å². The maximum absolute atomic E-state index is 5.42. The van der Waals surface area contributed by atoms with Gasteiger partial charge in [-0.25, -0.2) is 4.98 Å². The normalized spacial score (nSPS) is 9.88. The summed E-state index contributed by atoms with van der Waals surface area (Å²) in [5, 5.41) is 3.17. The van der Waals surface area contributed by atoms with Gasteiger partial charge in [-0.15, -0.1) is 0 Å². The monoisotopic (exact) mass is 221 g/mol. The number of nitrogens with one attached hydrogen (secondary N) is 1. The van der Waals surface area contributed by atoms with Crippen LogP contribution in [0.15, 0.2) is 18.7 Å². The van der Waals surface area contributed by atoms with Crippen LogP contribution in [-0.2, 0) is 6.42 Å². The molecule has 0 radical (unpaired) electrons. The zero-order valence-corrected chi connectivity index (χ0v) is 9.99. The predicted molar refractivity (Wildman–Crippen MR) is 65.9 cm³/mol. The molecule has 0 aromatic carbocycles. The van der Waals surface area contributed by atoms with Gasteiger partial charge in [0.15, 0.2) is 0 Å². The molecule has 1 rings (SSSR count). The number of anilines is 1. The fraction of sp³-hybridized carbons (Fsp3) is 0.500. The number of hydrogen-bond acceptors (Lipinski definition) is 4. The fourth-order valence-electron chi connectivity index (χ4n) is 1.30. The molecule has 0 aliphatic heterocycles. The smallest absolute Gasteiger partial charge is 0.219 e. The molecule has 0 atom stereocenters. The van der Waals surface area contributed by atoms with Crippen molar-refractivity contribution in [1.82, 2.24) is 9.97 Å². The van der Waals surface area contributed by atoms with Crippen LogP contribution < -0.4 is 10.1 Å². The second-order valence-electron chi connectivity index (χ2n) is 3.39. The second kappa shape index (κ2) is 6.82. The van der Waals surface area contributed by atoms with Gasteiger partial charge in [0.2, 0.25) is 5.88 Å². The van der Waals surface area contributed by atoms with Crippen LogP contribution in [0.4, 0.5) is 5.82 Å². The zero-order chi connectivity index (χ0) is 11.8. The van der Waals surface area contributed by atoms with Gasteiger partial charge in [0.05, 0.1) is 0 Å². The Kier molecular flexibility index (Phi) is 5.32. The van der Waals surface area contributed by atoms with Crippen molar-refractivity contribution in [2.45, 2.75) is 26.7 Å². The lowest BCUT2D eigenvalue weighted by atomic mass is 10.3. The van der Waals surface area contributed by atoms with Crippen LogP contribution in [-0.4, -0.2) is 23.1 Å². The lowest BCUT2D eigenvalue weighted by Crippen LogP contribution is -2.06. The first kappa shape index (κ1) is 12.5. The number of aromatic nitrogens is 2. The first-order valence-corrected chi connectivity index (χ1v) is 5.65. The fourth-order valence-corrected chi connectivity index (χ4v) is 1.30. The third-order valence-corrected chi connectivity index (χ3v) is 1.93. The number of rotatable bonds is 7. The van der Waals surface area contributed by atoms with Gasteiger partial charge < -0.3 is 10.1 Å². The molecule has 0 unspecified atom stereocenters. The zero-order valence-electron chi connectivity index (χ0n) is 9.99. The molecule has 1 aromatic rings. The van der Waals surface area contributed by atoms with E-state index >= 15 is 0 Å². The highest BCUT2D eigenvalue weighted by Gasteiger charge is 2.04. The lowest BCUT2D eigenvalue weighted by molar-refractivity contribution is 0.346. The number of nitrogens with zero attached hydrogens (tertiary/aromatic N) is 2. The van der Waals surface area contributed by atoms with E-state index in [4.69, 9.17) is 4.74 Å². The molecule has 1 N–H and O–H groups in total. The first-order valence-electron chi connectivity index (χ1n) is 5.65. The molecule has 0 aliphatic carbocycles. The molecule has 88 valence electrons. The Morgan fingerprint density at radius 2 is 2.25 bits per heavy atom. The highest BCUT2D eigenvalue weighted by molar-refractivity contribution is 5.38. The Bertz CT molecular complexity index is 315. The van der Waals surface area contributed by atoms with Crippen LogP contribution >= 0.6 is 0 Å². The molecule has 0 spiro atoms. The van der Waals surface area contributed by atoms with Crippen molar-refractivity contribution in [2.24, 2.45) is 0 Å². The highest BCUT2D eigenvalue weighted by atomic mass is 16.5. The van der Waals surface area contributed by atoms with Crippen molar-refractivity contribution in [3.8, 4) is 5.88 Å². The van der Waals surface area contributed by atoms with Crippen LogP contribution in [0.5, 0.6) is 5.88 Å². The van der Waals surface area contributed by atoms with E-state index in [2.05, 4.69) is 28.8 Å². The number of hydrogen-bond donors (Lipinski definition) is 1. The minimum absolute atomic E-state index is 0.466. The van der Waals surface area contributed by atoms with E-state index < -0.39 is 0 Å². The molecule has 16 heavy (non-hydrogen) atoms. The summed E-state index contributed by atoms with van der Waals surface area (Å²) in [4.78, 5) is 8.71. The number of aryl methyl sites for hydroxylation is 1. The average molecular weight is 221 g/mol. The summed E-state index contributed by atoms with van der Waals surface area (Å²) in [6.45, 7) is 9.05. The summed E-state index contributed by atoms with van der Waals surface area (Å²) in [6, 6.07) is 1.81. The van der Waals surface area contributed by atoms with Crippen LogP contribution in [0.3, 0.4) is 0 Å². The van der Waals surface area contributed by atoms with Gasteiger partial charge in [-0.2, -0.15) is 4.98 Å². The van der Waals surface area contributed by atoms with E-state index in [9.17, 15) is 0 Å². The largest absolute Gasteiger partial charge is 0.473 e. The Hall–Kier alpha value is -1.58. The Morgan fingerprint density at radius 3 is 2.88 bits per heavy atom. The predicted octanol–water partition coefficient (Wildman–Crippen LogP) is 2.43. The summed E-state index contributed by atoms with van der Waals surface area (Å²) in [5.74, 6) is 2.24. The molecule has 4 nitrogen and oxygen atoms in total. The van der Waals surface area contributed by atoms with Crippen molar-refractivity contribution in [2.75, 3.05) is 18.5 Å². The first-order chi connectivity index (χ1) is 7.80. The van der Waals surface area contributed by atoms with Crippen molar-refractivity contribution in [3.63, 3.8) is 0 Å². The molecule has 0 fully saturated rings. The van der Waals surface area contributed by atoms with Gasteiger partial charge in [0.1, 0.15) is 18.2 Å². The summed E-state index contributed by atoms with van der Waals surface area (Å²) < 4.78 is 5.42. The van der Waals surface area contributed by atoms with Gasteiger partial charge in [-0.3, -0.25) is 0 Å². The van der Waals surface area contributed by atoms with Crippen molar-refractivity contribution in [3.05, 3.63) is 24.5 Å². The molecule has 0 bridgehead atoms. The van der Waals surface area contributed by atoms with E-state index in [0.29, 0.717) is 12.5 Å². The molecule has 4 heteroatoms. The van der Waals surface area contributed by atoms with Crippen LogP contribution in [0.25, 0.3) is 0 Å². The van der Waals surface area contributed by atoms with Gasteiger partial charge >= 0.3 is 0 Å². The van der Waals surface area contributed by atoms with Gasteiger partial charge in [0.25, 0.3) is 0 Å². The maximum Gasteiger partial charge on any atom is 0.219 e. The Labute approximate surface area is 96.8 Å². The molecule has 0 saturated heterocycles. The number of ether oxygens (including phenoxy) is 1. The minimum atomic E-state index is 0.466. The van der Waals surface area contributed by atoms with Crippen LogP contribution in [0.2, 0.25) is 0 Å². The SMILES string of the molecule is C=CCOc1cc(NCC)nc(CCC)n1. The Morgan fingerprint density at radius 1 is 1.44 bits per heavy atom. The molecule has 1 heterocycles. The van der Waals surface area contributed by atoms with Gasteiger partial charge in [0, 0.05) is 19.0 Å². The molecular weight excluding hydrogens is 202 g/mol. The third-order valence-electron chi connectivity index (χ3n) is 1.93. The van der Waals surface area contributed by atoms with Crippen molar-refractivity contribution in [1.29, 1.82) is 0 Å². The molecular formula is C12H19N3O. The quantitative estimate of drug-likeness (QED) is 0.718. The van der Waals surface area contributed by atoms with E-state index in [1.807, 2.05) is 13.0 Å². The van der Waals surface area contributed by atoms with Crippen molar-refractivity contribution >= 4 is 5.82 Å². The molecule has 0 saturated carbocycles. The summed E-state index contributed by atoms with van der Waals surface area (Å²) >= 11 is 0. The Balaban J connectivity index is 2.84. The lowest BCUT2D eigenvalue weighted by Gasteiger charge is -2.08. The molecule has 1 aromatic heterocycles. The van der Waals surface area contributed by atoms with E-state index in [-0.39, 0.29) is 0 Å². The van der Waals surface area contributed by atoms with Gasteiger partial charge in [-0.05, 0) is 13.3 Å². The third kappa shape index (κ3) is 3.88.